The van der Waals surface area contributed by atoms with E-state index in [0.717, 1.165) is 0 Å². The van der Waals surface area contributed by atoms with Gasteiger partial charge in [0.15, 0.2) is 0 Å². The van der Waals surface area contributed by atoms with E-state index in [-0.39, 0.29) is 0 Å². The van der Waals surface area contributed by atoms with Gasteiger partial charge in [0.25, 0.3) is 0 Å². The summed E-state index contributed by atoms with van der Waals surface area (Å²) in [4.78, 5) is 0. The van der Waals surface area contributed by atoms with Crippen molar-refractivity contribution in [3.8, 4) is 0 Å². The summed E-state index contributed by atoms with van der Waals surface area (Å²) in [5.74, 6) is 0. The third kappa shape index (κ3) is 165. The summed E-state index contributed by atoms with van der Waals surface area (Å²) < 4.78 is 0. The predicted molar refractivity (Wildman–Crippen MR) is 406 cm³/mol. The van der Waals surface area contributed by atoms with E-state index >= 15 is 0 Å². The van der Waals surface area contributed by atoms with Gasteiger partial charge in [-0.1, -0.05) is 388 Å². The van der Waals surface area contributed by atoms with Crippen molar-refractivity contribution in [3.05, 3.63) is 101 Å². The first-order valence-corrected chi connectivity index (χ1v) is 38.1. The molecule has 0 atom stereocenters. The second-order valence-corrected chi connectivity index (χ2v) is 23.8. The van der Waals surface area contributed by atoms with Crippen molar-refractivity contribution in [3.63, 3.8) is 0 Å². The zero-order chi connectivity index (χ0) is 64.7. The average molecular weight is 1180 g/mol. The number of rotatable bonds is 57. The van der Waals surface area contributed by atoms with Gasteiger partial charge in [0, 0.05) is 0 Å². The molecule has 0 spiro atoms. The molecular formula is C84H170. The molecule has 0 radical (unpaired) electrons. The minimum atomic E-state index is 1.20. The molecule has 0 aromatic carbocycles. The summed E-state index contributed by atoms with van der Waals surface area (Å²) in [6.45, 7) is 51.9. The molecule has 0 bridgehead atoms. The predicted octanol–water partition coefficient (Wildman–Crippen LogP) is 33.2. The van der Waals surface area contributed by atoms with E-state index in [1.165, 1.54) is 372 Å². The van der Waals surface area contributed by atoms with Gasteiger partial charge in [-0.2, -0.15) is 0 Å². The van der Waals surface area contributed by atoms with Gasteiger partial charge in [-0.05, 0) is 103 Å². The molecule has 0 aliphatic rings. The molecular weight excluding hydrogens is 1010 g/mol. The molecule has 0 fully saturated rings. The Morgan fingerprint density at radius 3 is 0.274 bits per heavy atom. The van der Waals surface area contributed by atoms with E-state index in [0.29, 0.717) is 0 Å². The summed E-state index contributed by atoms with van der Waals surface area (Å²) >= 11 is 0. The summed E-state index contributed by atoms with van der Waals surface area (Å²) in [6, 6.07) is 0. The van der Waals surface area contributed by atoms with Crippen molar-refractivity contribution < 1.29 is 0 Å². The molecule has 0 aliphatic heterocycles. The van der Waals surface area contributed by atoms with Gasteiger partial charge in [0.2, 0.25) is 0 Å². The normalized spacial score (nSPS) is 9.60. The Labute approximate surface area is 540 Å². The van der Waals surface area contributed by atoms with Crippen molar-refractivity contribution in [2.24, 2.45) is 0 Å². The zero-order valence-corrected chi connectivity index (χ0v) is 61.3. The second-order valence-electron chi connectivity index (χ2n) is 23.8. The number of unbranched alkanes of at least 4 members (excludes halogenated alkanes) is 49. The monoisotopic (exact) mass is 1180 g/mol. The molecule has 0 heteroatoms. The molecule has 0 aromatic heterocycles. The van der Waals surface area contributed by atoms with E-state index < -0.39 is 0 Å². The highest BCUT2D eigenvalue weighted by molar-refractivity contribution is 4.69. The highest BCUT2D eigenvalue weighted by Gasteiger charge is 1.92. The average Bonchev–Trinajstić information content (AvgIpc) is 3.51. The summed E-state index contributed by atoms with van der Waals surface area (Å²) in [5, 5.41) is 0. The van der Waals surface area contributed by atoms with Gasteiger partial charge in [0.1, 0.15) is 0 Å². The molecule has 0 unspecified atom stereocenters. The molecule has 84 heavy (non-hydrogen) atoms. The van der Waals surface area contributed by atoms with Crippen LogP contribution in [0.1, 0.15) is 442 Å². The lowest BCUT2D eigenvalue weighted by molar-refractivity contribution is 0.611. The number of allylic oxidation sites excluding steroid dienone is 8. The van der Waals surface area contributed by atoms with Gasteiger partial charge in [-0.3, -0.25) is 0 Å². The Kier molecular flexibility index (Phi) is 152. The molecule has 0 aliphatic carbocycles. The molecule has 0 saturated heterocycles. The van der Waals surface area contributed by atoms with Crippen molar-refractivity contribution in [2.45, 2.75) is 442 Å². The van der Waals surface area contributed by atoms with Crippen LogP contribution in [0.2, 0.25) is 0 Å². The maximum atomic E-state index is 3.69. The first-order chi connectivity index (χ1) is 41.2. The zero-order valence-electron chi connectivity index (χ0n) is 61.3. The van der Waals surface area contributed by atoms with E-state index in [1.807, 2.05) is 48.6 Å². The van der Waals surface area contributed by atoms with Crippen LogP contribution in [0.3, 0.4) is 0 Å². The Morgan fingerprint density at radius 2 is 0.202 bits per heavy atom. The molecule has 0 heterocycles. The van der Waals surface area contributed by atoms with Crippen LogP contribution in [0.15, 0.2) is 101 Å². The van der Waals surface area contributed by atoms with E-state index in [2.05, 4.69) is 122 Å². The van der Waals surface area contributed by atoms with E-state index in [1.54, 1.807) is 0 Å². The lowest BCUT2D eigenvalue weighted by atomic mass is 10.1. The molecule has 0 nitrogen and oxygen atoms in total. The van der Waals surface area contributed by atoms with Gasteiger partial charge in [0.05, 0.1) is 0 Å². The quantitative estimate of drug-likeness (QED) is 0.0421. The third-order valence-electron chi connectivity index (χ3n) is 14.6. The van der Waals surface area contributed by atoms with Crippen LogP contribution in [-0.4, -0.2) is 0 Å². The van der Waals surface area contributed by atoms with Gasteiger partial charge < -0.3 is 0 Å². The minimum absolute atomic E-state index is 1.20. The molecule has 0 saturated carbocycles. The Balaban J connectivity index is -0.000000108. The molecule has 0 N–H and O–H groups in total. The van der Waals surface area contributed by atoms with Crippen LogP contribution in [0, 0.1) is 0 Å². The Hall–Kier alpha value is -2.08. The lowest BCUT2D eigenvalue weighted by Gasteiger charge is -1.96. The third-order valence-corrected chi connectivity index (χ3v) is 14.6. The molecule has 0 amide bonds. The number of hydrogen-bond donors (Lipinski definition) is 0. The van der Waals surface area contributed by atoms with Gasteiger partial charge in [-0.15, -0.1) is 52.6 Å². The molecule has 506 valence electrons. The highest BCUT2D eigenvalue weighted by atomic mass is 14.0. The van der Waals surface area contributed by atoms with Crippen molar-refractivity contribution in [1.29, 1.82) is 0 Å². The first kappa shape index (κ1) is 101. The van der Waals surface area contributed by atoms with Gasteiger partial charge >= 0.3 is 0 Å². The van der Waals surface area contributed by atoms with E-state index in [4.69, 9.17) is 0 Å². The fourth-order valence-electron chi connectivity index (χ4n) is 8.55. The van der Waals surface area contributed by atoms with Crippen LogP contribution in [0.4, 0.5) is 0 Å². The maximum absolute atomic E-state index is 3.69. The summed E-state index contributed by atoms with van der Waals surface area (Å²) in [5.41, 5.74) is 0. The van der Waals surface area contributed by atoms with Crippen molar-refractivity contribution in [2.75, 3.05) is 0 Å². The maximum Gasteiger partial charge on any atom is -0.0353 e. The Morgan fingerprint density at radius 1 is 0.119 bits per heavy atom. The second kappa shape index (κ2) is 127. The Bertz CT molecular complexity index is 785. The smallest absolute Gasteiger partial charge is 0.0353 e. The van der Waals surface area contributed by atoms with Crippen LogP contribution >= 0.6 is 0 Å². The van der Waals surface area contributed by atoms with Crippen molar-refractivity contribution in [1.82, 2.24) is 0 Å². The van der Waals surface area contributed by atoms with Crippen molar-refractivity contribution >= 4 is 0 Å². The standard InChI is InChI=1S/8C10H20.C4H10/c8*1-3-5-7-9-10-8-6-4-2;1-3-4-2/h8*3H,1,4-10H2,2H3;3-4H2,1-2H3. The number of hydrogen-bond acceptors (Lipinski definition) is 0. The molecule has 0 aromatic rings. The first-order valence-electron chi connectivity index (χ1n) is 38.1. The minimum Gasteiger partial charge on any atom is -0.103 e. The summed E-state index contributed by atoms with van der Waals surface area (Å²) in [7, 11) is 0. The fraction of sp³-hybridized carbons (Fsp3) is 0.810. The van der Waals surface area contributed by atoms with E-state index in [9.17, 15) is 0 Å². The van der Waals surface area contributed by atoms with Gasteiger partial charge in [-0.25, -0.2) is 0 Å². The summed E-state index contributed by atoms with van der Waals surface area (Å²) in [6.07, 6.45) is 95.1. The lowest BCUT2D eigenvalue weighted by Crippen LogP contribution is -1.76. The van der Waals surface area contributed by atoms with Crippen LogP contribution in [0.25, 0.3) is 0 Å². The van der Waals surface area contributed by atoms with Crippen LogP contribution in [0.5, 0.6) is 0 Å². The van der Waals surface area contributed by atoms with Crippen LogP contribution < -0.4 is 0 Å². The van der Waals surface area contributed by atoms with Crippen LogP contribution in [-0.2, 0) is 0 Å². The highest BCUT2D eigenvalue weighted by Crippen LogP contribution is 2.12. The molecule has 0 rings (SSSR count). The fourth-order valence-corrected chi connectivity index (χ4v) is 8.55. The topological polar surface area (TPSA) is 0 Å². The largest absolute Gasteiger partial charge is 0.103 e. The SMILES string of the molecule is C=CCCCCCCCC.C=CCCCCCCCC.C=CCCCCCCCC.C=CCCCCCCCC.C=CCCCCCCCC.C=CCCCCCCCC.C=CCCCCCCCC.C=CCCCCCCCC.CCCC.